The molecule has 0 aromatic heterocycles. The quantitative estimate of drug-likeness (QED) is 0.834. The van der Waals surface area contributed by atoms with Gasteiger partial charge in [-0.25, -0.2) is 13.2 Å². The monoisotopic (exact) mass is 370 g/mol. The molecule has 0 bridgehead atoms. The van der Waals surface area contributed by atoms with Crippen molar-refractivity contribution >= 4 is 27.5 Å². The molecule has 0 radical (unpaired) electrons. The minimum atomic E-state index is -3.58. The molecule has 8 nitrogen and oxygen atoms in total. The van der Waals surface area contributed by atoms with Crippen molar-refractivity contribution in [1.82, 2.24) is 4.90 Å². The van der Waals surface area contributed by atoms with Crippen molar-refractivity contribution in [2.45, 2.75) is 18.2 Å². The van der Waals surface area contributed by atoms with E-state index >= 15 is 0 Å². The van der Waals surface area contributed by atoms with Gasteiger partial charge in [0.1, 0.15) is 5.75 Å². The lowest BCUT2D eigenvalue weighted by molar-refractivity contribution is -0.143. The summed E-state index contributed by atoms with van der Waals surface area (Å²) >= 11 is 0. The molecule has 1 heterocycles. The first-order valence-corrected chi connectivity index (χ1v) is 9.67. The van der Waals surface area contributed by atoms with Crippen LogP contribution in [0, 0.1) is 11.8 Å². The van der Waals surface area contributed by atoms with Crippen LogP contribution in [0.15, 0.2) is 23.1 Å². The second kappa shape index (κ2) is 7.30. The summed E-state index contributed by atoms with van der Waals surface area (Å²) in [7, 11) is -2.17. The molecule has 0 aliphatic carbocycles. The third kappa shape index (κ3) is 4.62. The summed E-state index contributed by atoms with van der Waals surface area (Å²) in [5.41, 5.74) is 0.137. The number of carbonyl (C=O) groups excluding carboxylic acids is 1. The number of amides is 2. The maximum atomic E-state index is 12.5. The number of sulfone groups is 1. The van der Waals surface area contributed by atoms with Crippen molar-refractivity contribution in [3.8, 4) is 5.75 Å². The van der Waals surface area contributed by atoms with Gasteiger partial charge in [-0.2, -0.15) is 0 Å². The number of nitrogens with one attached hydrogen (secondary N) is 1. The number of aliphatic carboxylic acids is 1. The molecule has 1 aliphatic rings. The van der Waals surface area contributed by atoms with Gasteiger partial charge in [0.25, 0.3) is 0 Å². The van der Waals surface area contributed by atoms with E-state index < -0.39 is 27.8 Å². The van der Waals surface area contributed by atoms with Gasteiger partial charge < -0.3 is 20.1 Å². The highest BCUT2D eigenvalue weighted by molar-refractivity contribution is 7.90. The molecular weight excluding hydrogens is 348 g/mol. The number of benzene rings is 1. The molecule has 9 heteroatoms. The fourth-order valence-electron chi connectivity index (χ4n) is 2.93. The highest BCUT2D eigenvalue weighted by Gasteiger charge is 2.32. The topological polar surface area (TPSA) is 113 Å². The molecule has 2 N–H and O–H groups in total. The molecule has 138 valence electrons. The molecule has 1 aromatic rings. The zero-order chi connectivity index (χ0) is 18.8. The van der Waals surface area contributed by atoms with Crippen molar-refractivity contribution in [2.75, 3.05) is 31.8 Å². The van der Waals surface area contributed by atoms with Crippen molar-refractivity contribution in [2.24, 2.45) is 11.8 Å². The summed E-state index contributed by atoms with van der Waals surface area (Å²) in [6, 6.07) is 3.81. The lowest BCUT2D eigenvalue weighted by atomic mass is 9.91. The highest BCUT2D eigenvalue weighted by atomic mass is 32.2. The Morgan fingerprint density at radius 3 is 2.56 bits per heavy atom. The van der Waals surface area contributed by atoms with Crippen molar-refractivity contribution < 1.29 is 27.9 Å². The molecule has 0 spiro atoms. The molecule has 1 aliphatic heterocycles. The Labute approximate surface area is 146 Å². The fraction of sp³-hybridized carbons (Fsp3) is 0.500. The van der Waals surface area contributed by atoms with Crippen LogP contribution in [-0.2, 0) is 14.6 Å². The van der Waals surface area contributed by atoms with E-state index in [9.17, 15) is 23.1 Å². The van der Waals surface area contributed by atoms with Crippen LogP contribution in [0.2, 0.25) is 0 Å². The van der Waals surface area contributed by atoms with E-state index in [0.29, 0.717) is 18.7 Å². The maximum absolute atomic E-state index is 12.5. The van der Waals surface area contributed by atoms with Crippen molar-refractivity contribution in [1.29, 1.82) is 0 Å². The Hall–Kier alpha value is -2.29. The van der Waals surface area contributed by atoms with Crippen LogP contribution < -0.4 is 10.1 Å². The summed E-state index contributed by atoms with van der Waals surface area (Å²) in [5, 5.41) is 11.8. The summed E-state index contributed by atoms with van der Waals surface area (Å²) in [4.78, 5) is 25.1. The Bertz CT molecular complexity index is 777. The van der Waals surface area contributed by atoms with Gasteiger partial charge in [0, 0.05) is 25.4 Å². The molecule has 2 rings (SSSR count). The summed E-state index contributed by atoms with van der Waals surface area (Å²) in [6.45, 7) is 2.39. The Morgan fingerprint density at radius 2 is 2.00 bits per heavy atom. The number of methoxy groups -OCH3 is 1. The highest BCUT2D eigenvalue weighted by Crippen LogP contribution is 2.28. The van der Waals surface area contributed by atoms with E-state index in [1.807, 2.05) is 6.92 Å². The average molecular weight is 370 g/mol. The van der Waals surface area contributed by atoms with Crippen LogP contribution >= 0.6 is 0 Å². The van der Waals surface area contributed by atoms with Gasteiger partial charge in [-0.1, -0.05) is 6.92 Å². The van der Waals surface area contributed by atoms with Crippen LogP contribution in [0.5, 0.6) is 5.75 Å². The largest absolute Gasteiger partial charge is 0.497 e. The van der Waals surface area contributed by atoms with Crippen LogP contribution in [0.4, 0.5) is 10.5 Å². The Balaban J connectivity index is 2.24. The average Bonchev–Trinajstić information content (AvgIpc) is 2.53. The van der Waals surface area contributed by atoms with Gasteiger partial charge in [0.15, 0.2) is 9.84 Å². The first-order chi connectivity index (χ1) is 11.6. The number of carboxylic acid groups (broad SMARTS) is 1. The molecule has 1 aromatic carbocycles. The minimum absolute atomic E-state index is 0.0471. The van der Waals surface area contributed by atoms with E-state index in [4.69, 9.17) is 4.74 Å². The zero-order valence-electron chi connectivity index (χ0n) is 14.4. The lowest BCUT2D eigenvalue weighted by Crippen LogP contribution is -2.47. The van der Waals surface area contributed by atoms with E-state index in [-0.39, 0.29) is 23.0 Å². The number of carbonyl (C=O) groups is 2. The first-order valence-electron chi connectivity index (χ1n) is 7.78. The van der Waals surface area contributed by atoms with E-state index in [1.54, 1.807) is 6.07 Å². The molecule has 25 heavy (non-hydrogen) atoms. The smallest absolute Gasteiger partial charge is 0.321 e. The molecule has 1 saturated heterocycles. The van der Waals surface area contributed by atoms with Gasteiger partial charge in [-0.15, -0.1) is 0 Å². The number of likely N-dealkylation sites (tertiary alicyclic amines) is 1. The number of piperidine rings is 1. The normalized spacial score (nSPS) is 20.8. The predicted octanol–water partition coefficient (Wildman–Crippen LogP) is 1.67. The standard InChI is InChI=1S/C16H22N2O6S/c1-10-6-11(15(19)20)9-18(8-10)16(21)17-13-5-4-12(24-2)7-14(13)25(3,22)23/h4-5,7,10-11H,6,8-9H2,1-3H3,(H,17,21)(H,19,20). The Kier molecular flexibility index (Phi) is 5.56. The number of hydrogen-bond donors (Lipinski definition) is 2. The second-order valence-corrected chi connectivity index (χ2v) is 8.33. The van der Waals surface area contributed by atoms with Crippen LogP contribution in [0.3, 0.4) is 0 Å². The number of urea groups is 1. The minimum Gasteiger partial charge on any atom is -0.497 e. The molecule has 0 saturated carbocycles. The summed E-state index contributed by atoms with van der Waals surface area (Å²) < 4.78 is 29.0. The third-order valence-corrected chi connectivity index (χ3v) is 5.26. The maximum Gasteiger partial charge on any atom is 0.321 e. The number of ether oxygens (including phenoxy) is 1. The van der Waals surface area contributed by atoms with Crippen LogP contribution in [0.1, 0.15) is 13.3 Å². The number of hydrogen-bond acceptors (Lipinski definition) is 5. The van der Waals surface area contributed by atoms with E-state index in [1.165, 1.54) is 24.1 Å². The first kappa shape index (κ1) is 19.0. The SMILES string of the molecule is COc1ccc(NC(=O)N2CC(C)CC(C(=O)O)C2)c(S(C)(=O)=O)c1. The second-order valence-electron chi connectivity index (χ2n) is 6.35. The predicted molar refractivity (Wildman–Crippen MR) is 91.6 cm³/mol. The summed E-state index contributed by atoms with van der Waals surface area (Å²) in [6.07, 6.45) is 1.55. The van der Waals surface area contributed by atoms with Gasteiger partial charge in [-0.05, 0) is 24.5 Å². The lowest BCUT2D eigenvalue weighted by Gasteiger charge is -2.34. The summed E-state index contributed by atoms with van der Waals surface area (Å²) in [5.74, 6) is -1.16. The van der Waals surface area contributed by atoms with Gasteiger partial charge in [-0.3, -0.25) is 4.79 Å². The van der Waals surface area contributed by atoms with E-state index in [0.717, 1.165) is 6.26 Å². The zero-order valence-corrected chi connectivity index (χ0v) is 15.2. The number of anilines is 1. The van der Waals surface area contributed by atoms with Gasteiger partial charge in [0.05, 0.1) is 23.6 Å². The van der Waals surface area contributed by atoms with Crippen molar-refractivity contribution in [3.05, 3.63) is 18.2 Å². The fourth-order valence-corrected chi connectivity index (χ4v) is 3.78. The number of rotatable bonds is 4. The van der Waals surface area contributed by atoms with Crippen LogP contribution in [-0.4, -0.2) is 56.9 Å². The molecule has 2 amide bonds. The third-order valence-electron chi connectivity index (χ3n) is 4.13. The van der Waals surface area contributed by atoms with Gasteiger partial charge in [0.2, 0.25) is 0 Å². The molecule has 1 fully saturated rings. The molecule has 2 atom stereocenters. The molecular formula is C16H22N2O6S. The van der Waals surface area contributed by atoms with Crippen molar-refractivity contribution in [3.63, 3.8) is 0 Å². The van der Waals surface area contributed by atoms with E-state index in [2.05, 4.69) is 5.32 Å². The number of carboxylic acids is 1. The number of nitrogens with zero attached hydrogens (tertiary/aromatic N) is 1. The Morgan fingerprint density at radius 1 is 1.32 bits per heavy atom. The molecule has 2 unspecified atom stereocenters. The van der Waals surface area contributed by atoms with Gasteiger partial charge >= 0.3 is 12.0 Å². The van der Waals surface area contributed by atoms with Crippen LogP contribution in [0.25, 0.3) is 0 Å².